The number of halogens is 3. The Labute approximate surface area is 103 Å². The second-order valence-electron chi connectivity index (χ2n) is 4.13. The minimum absolute atomic E-state index is 0.331. The molecule has 0 heterocycles. The Morgan fingerprint density at radius 1 is 1.22 bits per heavy atom. The van der Waals surface area contributed by atoms with Crippen LogP contribution in [0.25, 0.3) is 0 Å². The molecule has 1 rings (SSSR count). The second-order valence-corrected chi connectivity index (χ2v) is 4.13. The van der Waals surface area contributed by atoms with E-state index in [1.54, 1.807) is 19.0 Å². The van der Waals surface area contributed by atoms with Crippen LogP contribution in [0.1, 0.15) is 12.0 Å². The van der Waals surface area contributed by atoms with E-state index in [1.807, 2.05) is 0 Å². The van der Waals surface area contributed by atoms with E-state index in [4.69, 9.17) is 5.26 Å². The van der Waals surface area contributed by atoms with Gasteiger partial charge in [0.25, 0.3) is 0 Å². The van der Waals surface area contributed by atoms with E-state index in [9.17, 15) is 18.3 Å². The molecule has 0 aliphatic carbocycles. The van der Waals surface area contributed by atoms with Crippen LogP contribution in [0.4, 0.5) is 18.9 Å². The average Bonchev–Trinajstić information content (AvgIpc) is 2.28. The van der Waals surface area contributed by atoms with Crippen molar-refractivity contribution in [2.75, 3.05) is 19.0 Å². The molecule has 1 N–H and O–H groups in total. The maximum Gasteiger partial charge on any atom is 0.422 e. The zero-order valence-corrected chi connectivity index (χ0v) is 9.99. The number of hydrogen-bond donors (Lipinski definition) is 1. The molecule has 1 atom stereocenters. The molecule has 0 amide bonds. The number of aliphatic hydroxyl groups is 1. The van der Waals surface area contributed by atoms with Crippen LogP contribution in [-0.4, -0.2) is 25.4 Å². The lowest BCUT2D eigenvalue weighted by Gasteiger charge is -2.29. The van der Waals surface area contributed by atoms with E-state index >= 15 is 0 Å². The van der Waals surface area contributed by atoms with Crippen LogP contribution in [0.15, 0.2) is 24.3 Å². The Morgan fingerprint density at radius 3 is 2.06 bits per heavy atom. The first-order valence-electron chi connectivity index (χ1n) is 5.16. The lowest BCUT2D eigenvalue weighted by atomic mass is 9.90. The molecule has 1 aromatic carbocycles. The topological polar surface area (TPSA) is 47.3 Å². The van der Waals surface area contributed by atoms with Gasteiger partial charge in [0.05, 0.1) is 12.5 Å². The van der Waals surface area contributed by atoms with Crippen molar-refractivity contribution in [2.24, 2.45) is 0 Å². The van der Waals surface area contributed by atoms with E-state index in [0.29, 0.717) is 5.69 Å². The average molecular weight is 258 g/mol. The molecular weight excluding hydrogens is 245 g/mol. The Balaban J connectivity index is 3.20. The Kier molecular flexibility index (Phi) is 3.87. The summed E-state index contributed by atoms with van der Waals surface area (Å²) in [5.74, 6) is 0. The van der Waals surface area contributed by atoms with Crippen molar-refractivity contribution in [3.8, 4) is 6.07 Å². The van der Waals surface area contributed by atoms with Gasteiger partial charge < -0.3 is 10.0 Å². The summed E-state index contributed by atoms with van der Waals surface area (Å²) in [5.41, 5.74) is -2.74. The van der Waals surface area contributed by atoms with Gasteiger partial charge in [-0.3, -0.25) is 0 Å². The molecule has 6 heteroatoms. The van der Waals surface area contributed by atoms with Crippen molar-refractivity contribution < 1.29 is 18.3 Å². The van der Waals surface area contributed by atoms with Crippen LogP contribution in [-0.2, 0) is 5.60 Å². The number of hydrogen-bond acceptors (Lipinski definition) is 3. The normalized spacial score (nSPS) is 14.7. The number of nitrogens with zero attached hydrogens (tertiary/aromatic N) is 2. The van der Waals surface area contributed by atoms with Gasteiger partial charge in [-0.2, -0.15) is 18.4 Å². The third-order valence-electron chi connectivity index (χ3n) is 2.67. The fraction of sp³-hybridized carbons (Fsp3) is 0.417. The molecule has 0 saturated heterocycles. The van der Waals surface area contributed by atoms with Crippen molar-refractivity contribution in [1.29, 1.82) is 5.26 Å². The van der Waals surface area contributed by atoms with Gasteiger partial charge >= 0.3 is 6.18 Å². The van der Waals surface area contributed by atoms with Gasteiger partial charge in [0.2, 0.25) is 0 Å². The summed E-state index contributed by atoms with van der Waals surface area (Å²) in [6.45, 7) is 0. The molecule has 98 valence electrons. The molecule has 1 unspecified atom stereocenters. The molecular formula is C12H13F3N2O. The highest BCUT2D eigenvalue weighted by molar-refractivity contribution is 5.47. The minimum Gasteiger partial charge on any atom is -0.378 e. The van der Waals surface area contributed by atoms with Crippen molar-refractivity contribution in [1.82, 2.24) is 0 Å². The van der Waals surface area contributed by atoms with Crippen LogP contribution in [0.2, 0.25) is 0 Å². The Hall–Kier alpha value is -1.74. The zero-order chi connectivity index (χ0) is 14.0. The molecule has 0 radical (unpaired) electrons. The quantitative estimate of drug-likeness (QED) is 0.905. The van der Waals surface area contributed by atoms with Crippen LogP contribution >= 0.6 is 0 Å². The largest absolute Gasteiger partial charge is 0.422 e. The van der Waals surface area contributed by atoms with Gasteiger partial charge in [0.1, 0.15) is 0 Å². The van der Waals surface area contributed by atoms with Gasteiger partial charge in [0.15, 0.2) is 5.60 Å². The lowest BCUT2D eigenvalue weighted by Crippen LogP contribution is -2.42. The van der Waals surface area contributed by atoms with Gasteiger partial charge in [-0.05, 0) is 17.7 Å². The number of alkyl halides is 3. The monoisotopic (exact) mass is 258 g/mol. The molecule has 0 bridgehead atoms. The summed E-state index contributed by atoms with van der Waals surface area (Å²) in [4.78, 5) is 1.72. The van der Waals surface area contributed by atoms with E-state index in [-0.39, 0.29) is 5.56 Å². The molecule has 1 aromatic rings. The molecule has 18 heavy (non-hydrogen) atoms. The number of nitriles is 1. The number of benzene rings is 1. The first-order chi connectivity index (χ1) is 8.22. The minimum atomic E-state index is -4.89. The Morgan fingerprint density at radius 2 is 1.72 bits per heavy atom. The summed E-state index contributed by atoms with van der Waals surface area (Å²) in [6.07, 6.45) is -5.92. The van der Waals surface area contributed by atoms with Crippen molar-refractivity contribution in [3.63, 3.8) is 0 Å². The highest BCUT2D eigenvalue weighted by Gasteiger charge is 2.54. The molecule has 0 aliphatic rings. The summed E-state index contributed by atoms with van der Waals surface area (Å²) < 4.78 is 38.5. The van der Waals surface area contributed by atoms with Gasteiger partial charge in [-0.15, -0.1) is 0 Å². The van der Waals surface area contributed by atoms with Crippen molar-refractivity contribution in [2.45, 2.75) is 18.2 Å². The fourth-order valence-corrected chi connectivity index (χ4v) is 1.52. The van der Waals surface area contributed by atoms with E-state index in [1.165, 1.54) is 30.3 Å². The maximum atomic E-state index is 12.8. The van der Waals surface area contributed by atoms with E-state index in [0.717, 1.165) is 0 Å². The summed E-state index contributed by atoms with van der Waals surface area (Å²) in [7, 11) is 3.50. The predicted octanol–water partition coefficient (Wildman–Crippen LogP) is 2.42. The molecule has 0 saturated carbocycles. The highest BCUT2D eigenvalue weighted by Crippen LogP contribution is 2.41. The molecule has 0 fully saturated rings. The fourth-order valence-electron chi connectivity index (χ4n) is 1.52. The van der Waals surface area contributed by atoms with Crippen LogP contribution in [0.5, 0.6) is 0 Å². The van der Waals surface area contributed by atoms with Gasteiger partial charge in [-0.1, -0.05) is 12.1 Å². The summed E-state index contributed by atoms with van der Waals surface area (Å²) in [6, 6.07) is 6.66. The van der Waals surface area contributed by atoms with Gasteiger partial charge in [-0.25, -0.2) is 0 Å². The Bertz CT molecular complexity index is 448. The molecule has 0 spiro atoms. The lowest BCUT2D eigenvalue weighted by molar-refractivity contribution is -0.264. The van der Waals surface area contributed by atoms with Gasteiger partial charge in [0, 0.05) is 19.8 Å². The highest BCUT2D eigenvalue weighted by atomic mass is 19.4. The van der Waals surface area contributed by atoms with Crippen LogP contribution in [0, 0.1) is 11.3 Å². The first-order valence-corrected chi connectivity index (χ1v) is 5.16. The third kappa shape index (κ3) is 2.57. The second kappa shape index (κ2) is 4.86. The molecule has 0 aromatic heterocycles. The first kappa shape index (κ1) is 14.3. The summed E-state index contributed by atoms with van der Waals surface area (Å²) in [5, 5.41) is 18.1. The number of rotatable bonds is 3. The predicted molar refractivity (Wildman–Crippen MR) is 61.0 cm³/mol. The third-order valence-corrected chi connectivity index (χ3v) is 2.67. The van der Waals surface area contributed by atoms with Crippen molar-refractivity contribution in [3.05, 3.63) is 29.8 Å². The zero-order valence-electron chi connectivity index (χ0n) is 9.99. The number of anilines is 1. The molecule has 3 nitrogen and oxygen atoms in total. The summed E-state index contributed by atoms with van der Waals surface area (Å²) >= 11 is 0. The van der Waals surface area contributed by atoms with E-state index < -0.39 is 18.2 Å². The van der Waals surface area contributed by atoms with Crippen LogP contribution in [0.3, 0.4) is 0 Å². The SMILES string of the molecule is CN(C)c1ccc(C(O)(CC#N)C(F)(F)F)cc1. The smallest absolute Gasteiger partial charge is 0.378 e. The van der Waals surface area contributed by atoms with Crippen LogP contribution < -0.4 is 4.90 Å². The standard InChI is InChI=1S/C12H13F3N2O/c1-17(2)10-5-3-9(4-6-10)11(18,7-8-16)12(13,14)15/h3-6,18H,7H2,1-2H3. The van der Waals surface area contributed by atoms with Crippen molar-refractivity contribution >= 4 is 5.69 Å². The molecule has 0 aliphatic heterocycles. The maximum absolute atomic E-state index is 12.8. The van der Waals surface area contributed by atoms with E-state index in [2.05, 4.69) is 0 Å².